The molecule has 1 heterocycles. The first-order chi connectivity index (χ1) is 13.5. The molecule has 29 heavy (non-hydrogen) atoms. The number of nitrogens with zero attached hydrogens (tertiary/aromatic N) is 1. The van der Waals surface area contributed by atoms with Crippen molar-refractivity contribution in [3.8, 4) is 0 Å². The van der Waals surface area contributed by atoms with Crippen LogP contribution < -0.4 is 10.6 Å². The fraction of sp³-hybridized carbons (Fsp3) is 0.211. The number of hydrogen-bond acceptors (Lipinski definition) is 3. The highest BCUT2D eigenvalue weighted by atomic mass is 35.5. The number of rotatable bonds is 4. The quantitative estimate of drug-likeness (QED) is 0.732. The number of benzene rings is 2. The van der Waals surface area contributed by atoms with Crippen LogP contribution in [0.15, 0.2) is 48.5 Å². The summed E-state index contributed by atoms with van der Waals surface area (Å²) in [7, 11) is 0. The second-order valence-electron chi connectivity index (χ2n) is 6.58. The molecule has 6 nitrogen and oxygen atoms in total. The molecule has 4 amide bonds. The third-order valence-electron chi connectivity index (χ3n) is 4.45. The number of nitrogens with one attached hydrogen (secondary N) is 2. The van der Waals surface area contributed by atoms with Crippen molar-refractivity contribution in [1.29, 1.82) is 0 Å². The van der Waals surface area contributed by atoms with E-state index in [1.54, 1.807) is 18.2 Å². The fourth-order valence-electron chi connectivity index (χ4n) is 2.95. The smallest absolute Gasteiger partial charge is 0.324 e. The number of urea groups is 1. The van der Waals surface area contributed by atoms with E-state index in [1.807, 2.05) is 0 Å². The second-order valence-corrected chi connectivity index (χ2v) is 7.02. The minimum atomic E-state index is -4.60. The van der Waals surface area contributed by atoms with Gasteiger partial charge in [-0.25, -0.2) is 4.79 Å². The Bertz CT molecular complexity index is 996. The Morgan fingerprint density at radius 1 is 1.17 bits per heavy atom. The van der Waals surface area contributed by atoms with Gasteiger partial charge in [-0.2, -0.15) is 13.2 Å². The van der Waals surface area contributed by atoms with Crippen LogP contribution in [0.3, 0.4) is 0 Å². The maximum Gasteiger partial charge on any atom is 0.416 e. The first kappa shape index (κ1) is 20.7. The van der Waals surface area contributed by atoms with Gasteiger partial charge in [-0.3, -0.25) is 14.5 Å². The molecule has 10 heteroatoms. The zero-order chi connectivity index (χ0) is 21.4. The standard InChI is InChI=1S/C19H15ClF3N3O3/c1-18(11-4-2-5-12(8-11)19(21,22)23)16(28)26(17(29)25-18)10-15(27)24-14-7-3-6-13(20)9-14/h2-9H,10H2,1H3,(H,24,27)(H,25,29). The number of imide groups is 1. The van der Waals surface area contributed by atoms with Crippen LogP contribution in [0.4, 0.5) is 23.7 Å². The molecule has 1 aliphatic rings. The number of anilines is 1. The molecule has 3 rings (SSSR count). The number of hydrogen-bond donors (Lipinski definition) is 2. The molecule has 0 bridgehead atoms. The van der Waals surface area contributed by atoms with Crippen molar-refractivity contribution >= 4 is 35.1 Å². The Morgan fingerprint density at radius 2 is 1.86 bits per heavy atom. The first-order valence-electron chi connectivity index (χ1n) is 8.38. The zero-order valence-corrected chi connectivity index (χ0v) is 15.8. The normalized spacial score (nSPS) is 19.3. The van der Waals surface area contributed by atoms with Crippen LogP contribution in [0.5, 0.6) is 0 Å². The van der Waals surface area contributed by atoms with Crippen molar-refractivity contribution < 1.29 is 27.6 Å². The summed E-state index contributed by atoms with van der Waals surface area (Å²) in [4.78, 5) is 37.9. The lowest BCUT2D eigenvalue weighted by Gasteiger charge is -2.23. The molecule has 0 aliphatic carbocycles. The van der Waals surface area contributed by atoms with Gasteiger partial charge in [-0.1, -0.05) is 29.8 Å². The Labute approximate surface area is 168 Å². The van der Waals surface area contributed by atoms with Gasteiger partial charge in [0.05, 0.1) is 5.56 Å². The summed E-state index contributed by atoms with van der Waals surface area (Å²) in [6, 6.07) is 9.51. The SMILES string of the molecule is CC1(c2cccc(C(F)(F)F)c2)NC(=O)N(CC(=O)Nc2cccc(Cl)c2)C1=O. The molecule has 152 valence electrons. The second kappa shape index (κ2) is 7.40. The van der Waals surface area contributed by atoms with E-state index in [9.17, 15) is 27.6 Å². The molecule has 1 unspecified atom stereocenters. The van der Waals surface area contributed by atoms with Gasteiger partial charge in [0.15, 0.2) is 0 Å². The maximum atomic E-state index is 13.0. The molecule has 0 radical (unpaired) electrons. The molecule has 2 aromatic rings. The van der Waals surface area contributed by atoms with Gasteiger partial charge in [0, 0.05) is 10.7 Å². The van der Waals surface area contributed by atoms with Crippen molar-refractivity contribution in [2.24, 2.45) is 0 Å². The van der Waals surface area contributed by atoms with Gasteiger partial charge >= 0.3 is 12.2 Å². The summed E-state index contributed by atoms with van der Waals surface area (Å²) < 4.78 is 39.0. The number of halogens is 4. The number of amides is 4. The highest BCUT2D eigenvalue weighted by Crippen LogP contribution is 2.34. The molecule has 0 aromatic heterocycles. The van der Waals surface area contributed by atoms with Crippen molar-refractivity contribution in [2.75, 3.05) is 11.9 Å². The zero-order valence-electron chi connectivity index (χ0n) is 15.0. The van der Waals surface area contributed by atoms with Gasteiger partial charge in [0.1, 0.15) is 12.1 Å². The Morgan fingerprint density at radius 3 is 2.52 bits per heavy atom. The van der Waals surface area contributed by atoms with Crippen molar-refractivity contribution in [3.05, 3.63) is 64.7 Å². The largest absolute Gasteiger partial charge is 0.416 e. The van der Waals surface area contributed by atoms with E-state index in [-0.39, 0.29) is 5.56 Å². The monoisotopic (exact) mass is 425 g/mol. The predicted octanol–water partition coefficient (Wildman–Crippen LogP) is 3.76. The molecule has 1 aliphatic heterocycles. The Hall–Kier alpha value is -3.07. The van der Waals surface area contributed by atoms with Crippen molar-refractivity contribution in [2.45, 2.75) is 18.6 Å². The van der Waals surface area contributed by atoms with Crippen molar-refractivity contribution in [1.82, 2.24) is 10.2 Å². The van der Waals surface area contributed by atoms with E-state index < -0.39 is 41.7 Å². The van der Waals surface area contributed by atoms with Crippen LogP contribution >= 0.6 is 11.6 Å². The molecular weight excluding hydrogens is 411 g/mol. The van der Waals surface area contributed by atoms with Crippen LogP contribution in [0.25, 0.3) is 0 Å². The average molecular weight is 426 g/mol. The van der Waals surface area contributed by atoms with Crippen molar-refractivity contribution in [3.63, 3.8) is 0 Å². The minimum Gasteiger partial charge on any atom is -0.324 e. The third-order valence-corrected chi connectivity index (χ3v) is 4.69. The Balaban J connectivity index is 1.79. The van der Waals surface area contributed by atoms with Crippen LogP contribution in [0.1, 0.15) is 18.1 Å². The molecule has 1 saturated heterocycles. The third kappa shape index (κ3) is 4.19. The molecule has 0 saturated carbocycles. The average Bonchev–Trinajstić information content (AvgIpc) is 2.85. The highest BCUT2D eigenvalue weighted by molar-refractivity contribution is 6.30. The van der Waals surface area contributed by atoms with Crippen LogP contribution in [0, 0.1) is 0 Å². The minimum absolute atomic E-state index is 0.0385. The topological polar surface area (TPSA) is 78.5 Å². The molecule has 2 N–H and O–H groups in total. The van der Waals surface area contributed by atoms with E-state index in [0.717, 1.165) is 18.2 Å². The van der Waals surface area contributed by atoms with E-state index in [1.165, 1.54) is 19.1 Å². The maximum absolute atomic E-state index is 13.0. The lowest BCUT2D eigenvalue weighted by molar-refractivity contribution is -0.138. The molecule has 1 fully saturated rings. The Kier molecular flexibility index (Phi) is 5.27. The molecular formula is C19H15ClF3N3O3. The van der Waals surface area contributed by atoms with E-state index >= 15 is 0 Å². The van der Waals surface area contributed by atoms with Crippen LogP contribution in [-0.4, -0.2) is 29.3 Å². The lowest BCUT2D eigenvalue weighted by atomic mass is 9.90. The molecule has 1 atom stereocenters. The summed E-state index contributed by atoms with van der Waals surface area (Å²) in [6.07, 6.45) is -4.60. The summed E-state index contributed by atoms with van der Waals surface area (Å²) in [5.74, 6) is -1.49. The summed E-state index contributed by atoms with van der Waals surface area (Å²) in [5.41, 5.74) is -2.34. The first-order valence-corrected chi connectivity index (χ1v) is 8.76. The van der Waals surface area contributed by atoms with E-state index in [0.29, 0.717) is 15.6 Å². The van der Waals surface area contributed by atoms with Gasteiger partial charge in [-0.05, 0) is 42.8 Å². The predicted molar refractivity (Wildman–Crippen MR) is 99.1 cm³/mol. The van der Waals surface area contributed by atoms with Gasteiger partial charge in [-0.15, -0.1) is 0 Å². The van der Waals surface area contributed by atoms with Gasteiger partial charge in [0.2, 0.25) is 5.91 Å². The van der Waals surface area contributed by atoms with Crippen LogP contribution in [-0.2, 0) is 21.3 Å². The molecule has 0 spiro atoms. The van der Waals surface area contributed by atoms with Gasteiger partial charge < -0.3 is 10.6 Å². The van der Waals surface area contributed by atoms with E-state index in [4.69, 9.17) is 11.6 Å². The number of carbonyl (C=O) groups excluding carboxylic acids is 3. The highest BCUT2D eigenvalue weighted by Gasteiger charge is 2.50. The summed E-state index contributed by atoms with van der Waals surface area (Å²) >= 11 is 5.83. The molecule has 2 aromatic carbocycles. The lowest BCUT2D eigenvalue weighted by Crippen LogP contribution is -2.42. The van der Waals surface area contributed by atoms with E-state index in [2.05, 4.69) is 10.6 Å². The number of carbonyl (C=O) groups is 3. The summed E-state index contributed by atoms with van der Waals surface area (Å²) in [5, 5.41) is 5.26. The van der Waals surface area contributed by atoms with Crippen LogP contribution in [0.2, 0.25) is 5.02 Å². The summed E-state index contributed by atoms with van der Waals surface area (Å²) in [6.45, 7) is 0.684. The number of alkyl halides is 3. The fourth-order valence-corrected chi connectivity index (χ4v) is 3.14. The van der Waals surface area contributed by atoms with Gasteiger partial charge in [0.25, 0.3) is 5.91 Å².